The predicted octanol–water partition coefficient (Wildman–Crippen LogP) is 4.00. The molecule has 1 unspecified atom stereocenters. The standard InChI is InChI=1S/C20H23N6OS/c1-13-20(14(2)26(3)24-13)25-28(27)17-5-7-19(23-12-17)22-11-15-4-6-18-16(10-15)8-9-21-18/h4-10,12,21,25,27H,11H2,1-3H3,(H,22,23)/q+1. The molecule has 0 fully saturated rings. The van der Waals surface area contributed by atoms with Gasteiger partial charge in [0.25, 0.3) is 0 Å². The summed E-state index contributed by atoms with van der Waals surface area (Å²) in [7, 11) is 1.89. The van der Waals surface area contributed by atoms with Gasteiger partial charge in [0.1, 0.15) is 11.5 Å². The maximum atomic E-state index is 10.5. The summed E-state index contributed by atoms with van der Waals surface area (Å²) >= 11 is -1.15. The van der Waals surface area contributed by atoms with Crippen molar-refractivity contribution >= 4 is 33.8 Å². The lowest BCUT2D eigenvalue weighted by Crippen LogP contribution is -2.14. The molecule has 0 amide bonds. The van der Waals surface area contributed by atoms with Crippen LogP contribution in [0.2, 0.25) is 0 Å². The Bertz CT molecular complexity index is 1100. The number of hydrogen-bond donors (Lipinski definition) is 4. The lowest BCUT2D eigenvalue weighted by molar-refractivity contribution is 0.643. The Labute approximate surface area is 166 Å². The first-order valence-electron chi connectivity index (χ1n) is 8.97. The number of nitrogens with zero attached hydrogens (tertiary/aromatic N) is 3. The van der Waals surface area contributed by atoms with E-state index in [9.17, 15) is 4.55 Å². The molecule has 0 bridgehead atoms. The van der Waals surface area contributed by atoms with Crippen LogP contribution in [0.3, 0.4) is 0 Å². The first-order valence-corrected chi connectivity index (χ1v) is 10.2. The van der Waals surface area contributed by atoms with Crippen molar-refractivity contribution < 1.29 is 4.55 Å². The summed E-state index contributed by atoms with van der Waals surface area (Å²) in [5, 5.41) is 8.88. The van der Waals surface area contributed by atoms with Gasteiger partial charge in [-0.25, -0.2) is 4.98 Å². The molecular formula is C20H23N6OS+. The minimum Gasteiger partial charge on any atom is -0.366 e. The van der Waals surface area contributed by atoms with Crippen LogP contribution < -0.4 is 10.0 Å². The van der Waals surface area contributed by atoms with E-state index < -0.39 is 11.4 Å². The van der Waals surface area contributed by atoms with Crippen molar-refractivity contribution in [3.63, 3.8) is 0 Å². The van der Waals surface area contributed by atoms with Gasteiger partial charge in [0, 0.05) is 31.4 Å². The fraction of sp³-hybridized carbons (Fsp3) is 0.200. The average molecular weight is 396 g/mol. The Morgan fingerprint density at radius 2 is 2.04 bits per heavy atom. The van der Waals surface area contributed by atoms with E-state index in [-0.39, 0.29) is 0 Å². The van der Waals surface area contributed by atoms with Crippen molar-refractivity contribution in [2.45, 2.75) is 25.3 Å². The van der Waals surface area contributed by atoms with Crippen molar-refractivity contribution in [3.05, 3.63) is 65.7 Å². The molecule has 8 heteroatoms. The number of nitrogens with one attached hydrogen (secondary N) is 3. The van der Waals surface area contributed by atoms with Crippen LogP contribution in [-0.4, -0.2) is 24.3 Å². The number of aromatic nitrogens is 4. The minimum atomic E-state index is -1.15. The van der Waals surface area contributed by atoms with Crippen LogP contribution in [0.25, 0.3) is 10.9 Å². The molecule has 0 saturated heterocycles. The average Bonchev–Trinajstić information content (AvgIpc) is 3.26. The zero-order valence-corrected chi connectivity index (χ0v) is 16.8. The van der Waals surface area contributed by atoms with E-state index >= 15 is 0 Å². The van der Waals surface area contributed by atoms with Gasteiger partial charge in [-0.15, -0.1) is 0 Å². The zero-order valence-electron chi connectivity index (χ0n) is 16.0. The van der Waals surface area contributed by atoms with E-state index in [0.717, 1.165) is 33.3 Å². The number of fused-ring (bicyclic) bond motifs is 1. The van der Waals surface area contributed by atoms with E-state index in [2.05, 4.69) is 49.4 Å². The first-order chi connectivity index (χ1) is 13.5. The Morgan fingerprint density at radius 1 is 1.18 bits per heavy atom. The largest absolute Gasteiger partial charge is 0.366 e. The summed E-state index contributed by atoms with van der Waals surface area (Å²) < 4.78 is 15.5. The molecule has 0 aliphatic carbocycles. The maximum Gasteiger partial charge on any atom is 0.305 e. The second-order valence-electron chi connectivity index (χ2n) is 6.69. The minimum absolute atomic E-state index is 0.685. The van der Waals surface area contributed by atoms with Crippen molar-refractivity contribution in [2.24, 2.45) is 7.05 Å². The molecule has 0 radical (unpaired) electrons. The molecule has 7 nitrogen and oxygen atoms in total. The summed E-state index contributed by atoms with van der Waals surface area (Å²) in [5.41, 5.74) is 5.01. The lowest BCUT2D eigenvalue weighted by atomic mass is 10.1. The Balaban J connectivity index is 1.40. The Morgan fingerprint density at radius 3 is 2.75 bits per heavy atom. The maximum absolute atomic E-state index is 10.5. The van der Waals surface area contributed by atoms with E-state index in [4.69, 9.17) is 0 Å². The van der Waals surface area contributed by atoms with E-state index in [0.29, 0.717) is 6.54 Å². The summed E-state index contributed by atoms with van der Waals surface area (Å²) in [5.74, 6) is 0.767. The quantitative estimate of drug-likeness (QED) is 0.371. The van der Waals surface area contributed by atoms with Crippen molar-refractivity contribution in [3.8, 4) is 0 Å². The molecule has 3 aromatic heterocycles. The fourth-order valence-electron chi connectivity index (χ4n) is 3.08. The van der Waals surface area contributed by atoms with Crippen LogP contribution in [-0.2, 0) is 25.0 Å². The van der Waals surface area contributed by atoms with Crippen LogP contribution in [0.5, 0.6) is 0 Å². The molecule has 1 aromatic carbocycles. The number of H-pyrrole nitrogens is 1. The molecule has 0 aliphatic heterocycles. The van der Waals surface area contributed by atoms with Gasteiger partial charge in [0.15, 0.2) is 0 Å². The monoisotopic (exact) mass is 395 g/mol. The molecule has 4 N–H and O–H groups in total. The molecule has 4 rings (SSSR count). The van der Waals surface area contributed by atoms with Crippen molar-refractivity contribution in [1.82, 2.24) is 19.7 Å². The molecule has 1 atom stereocenters. The van der Waals surface area contributed by atoms with E-state index in [1.807, 2.05) is 39.2 Å². The van der Waals surface area contributed by atoms with Crippen LogP contribution in [0, 0.1) is 13.8 Å². The van der Waals surface area contributed by atoms with Gasteiger partial charge in [-0.1, -0.05) is 6.07 Å². The van der Waals surface area contributed by atoms with Gasteiger partial charge in [-0.05, 0) is 49.1 Å². The number of benzene rings is 1. The van der Waals surface area contributed by atoms with Crippen molar-refractivity contribution in [1.29, 1.82) is 0 Å². The summed E-state index contributed by atoms with van der Waals surface area (Å²) in [4.78, 5) is 8.35. The fourth-order valence-corrected chi connectivity index (χ4v) is 4.04. The van der Waals surface area contributed by atoms with Gasteiger partial charge in [-0.3, -0.25) is 4.68 Å². The van der Waals surface area contributed by atoms with Crippen LogP contribution in [0.4, 0.5) is 11.5 Å². The lowest BCUT2D eigenvalue weighted by Gasteiger charge is -2.07. The molecule has 0 saturated carbocycles. The van der Waals surface area contributed by atoms with Crippen LogP contribution in [0.1, 0.15) is 17.0 Å². The SMILES string of the molecule is Cc1nn(C)c(C)c1N[S+](O)c1ccc(NCc2ccc3[nH]ccc3c2)nc1. The van der Waals surface area contributed by atoms with Gasteiger partial charge >= 0.3 is 11.4 Å². The molecule has 0 aliphatic rings. The third-order valence-electron chi connectivity index (χ3n) is 4.76. The van der Waals surface area contributed by atoms with Gasteiger partial charge in [0.2, 0.25) is 4.90 Å². The Kier molecular flexibility index (Phi) is 4.97. The second-order valence-corrected chi connectivity index (χ2v) is 7.93. The molecule has 28 heavy (non-hydrogen) atoms. The van der Waals surface area contributed by atoms with Crippen LogP contribution >= 0.6 is 0 Å². The highest BCUT2D eigenvalue weighted by atomic mass is 32.2. The first kappa shape index (κ1) is 18.4. The molecule has 3 heterocycles. The normalized spacial score (nSPS) is 12.3. The zero-order chi connectivity index (χ0) is 19.7. The number of anilines is 2. The van der Waals surface area contributed by atoms with Gasteiger partial charge in [0.05, 0.1) is 17.6 Å². The molecule has 144 valence electrons. The third-order valence-corrected chi connectivity index (χ3v) is 5.84. The summed E-state index contributed by atoms with van der Waals surface area (Å²) in [6.45, 7) is 4.57. The Hall–Kier alpha value is -2.97. The van der Waals surface area contributed by atoms with Gasteiger partial charge in [-0.2, -0.15) is 14.4 Å². The number of aromatic amines is 1. The molecular weight excluding hydrogens is 372 g/mol. The smallest absolute Gasteiger partial charge is 0.305 e. The number of aryl methyl sites for hydroxylation is 2. The van der Waals surface area contributed by atoms with Gasteiger partial charge < -0.3 is 10.3 Å². The number of hydrogen-bond acceptors (Lipinski definition) is 5. The highest BCUT2D eigenvalue weighted by molar-refractivity contribution is 7.92. The highest BCUT2D eigenvalue weighted by Gasteiger charge is 2.24. The number of pyridine rings is 1. The molecule has 4 aromatic rings. The summed E-state index contributed by atoms with van der Waals surface area (Å²) in [6, 6.07) is 12.1. The van der Waals surface area contributed by atoms with E-state index in [1.54, 1.807) is 10.9 Å². The van der Waals surface area contributed by atoms with Crippen molar-refractivity contribution in [2.75, 3.05) is 10.0 Å². The summed E-state index contributed by atoms with van der Waals surface area (Å²) in [6.07, 6.45) is 3.63. The third kappa shape index (κ3) is 3.69. The highest BCUT2D eigenvalue weighted by Crippen LogP contribution is 2.23. The molecule has 0 spiro atoms. The topological polar surface area (TPSA) is 90.8 Å². The van der Waals surface area contributed by atoms with E-state index in [1.165, 1.54) is 10.9 Å². The number of rotatable bonds is 6. The second kappa shape index (κ2) is 7.57. The predicted molar refractivity (Wildman–Crippen MR) is 114 cm³/mol. The van der Waals surface area contributed by atoms with Crippen LogP contribution in [0.15, 0.2) is 53.7 Å².